The van der Waals surface area contributed by atoms with Gasteiger partial charge in [-0.2, -0.15) is 5.26 Å². The van der Waals surface area contributed by atoms with E-state index in [0.717, 1.165) is 12.8 Å². The fraction of sp³-hybridized carbons (Fsp3) is 0.900. The van der Waals surface area contributed by atoms with Crippen molar-refractivity contribution in [1.82, 2.24) is 0 Å². The fourth-order valence-electron chi connectivity index (χ4n) is 1.23. The highest BCUT2D eigenvalue weighted by Gasteiger charge is 2.10. The van der Waals surface area contributed by atoms with Crippen molar-refractivity contribution in [2.45, 2.75) is 52.4 Å². The zero-order valence-electron chi connectivity index (χ0n) is 7.77. The maximum atomic E-state index is 8.44. The Hall–Kier alpha value is -0.510. The predicted molar refractivity (Wildman–Crippen MR) is 48.2 cm³/mol. The van der Waals surface area contributed by atoms with Crippen LogP contribution >= 0.6 is 0 Å². The Bertz CT molecular complexity index is 107. The molecule has 1 fully saturated rings. The minimum atomic E-state index is 0.392. The Labute approximate surface area is 70.4 Å². The molecule has 0 radical (unpaired) electrons. The van der Waals surface area contributed by atoms with Crippen molar-refractivity contribution in [2.24, 2.45) is 5.92 Å². The van der Waals surface area contributed by atoms with Gasteiger partial charge >= 0.3 is 0 Å². The van der Waals surface area contributed by atoms with Crippen LogP contribution in [-0.2, 0) is 0 Å². The van der Waals surface area contributed by atoms with Crippen molar-refractivity contribution < 1.29 is 0 Å². The van der Waals surface area contributed by atoms with Crippen molar-refractivity contribution in [3.63, 3.8) is 0 Å². The molecule has 0 saturated heterocycles. The van der Waals surface area contributed by atoms with Crippen LogP contribution in [0.2, 0.25) is 0 Å². The second-order valence-corrected chi connectivity index (χ2v) is 3.17. The maximum Gasteiger partial charge on any atom is 0.0655 e. The average molecular weight is 153 g/mol. The molecule has 0 atom stereocenters. The summed E-state index contributed by atoms with van der Waals surface area (Å²) in [5.41, 5.74) is 0. The van der Waals surface area contributed by atoms with Gasteiger partial charge in [0.05, 0.1) is 6.07 Å². The highest BCUT2D eigenvalue weighted by molar-refractivity contribution is 4.84. The van der Waals surface area contributed by atoms with E-state index in [1.165, 1.54) is 25.7 Å². The van der Waals surface area contributed by atoms with Gasteiger partial charge in [-0.05, 0) is 12.8 Å². The van der Waals surface area contributed by atoms with E-state index in [1.807, 2.05) is 0 Å². The number of nitrogens with zero attached hydrogens (tertiary/aromatic N) is 1. The quantitative estimate of drug-likeness (QED) is 0.522. The molecule has 0 aliphatic heterocycles. The second kappa shape index (κ2) is 7.60. The molecule has 0 spiro atoms. The van der Waals surface area contributed by atoms with Gasteiger partial charge in [0.2, 0.25) is 0 Å². The summed E-state index contributed by atoms with van der Waals surface area (Å²) in [5.74, 6) is 0.392. The summed E-state index contributed by atoms with van der Waals surface area (Å²) in [6.07, 6.45) is 7.45. The first-order valence-corrected chi connectivity index (χ1v) is 4.74. The Morgan fingerprint density at radius 3 is 1.91 bits per heavy atom. The molecular weight excluding hydrogens is 134 g/mol. The third kappa shape index (κ3) is 5.91. The Kier molecular flexibility index (Phi) is 7.24. The molecule has 0 aromatic carbocycles. The van der Waals surface area contributed by atoms with Gasteiger partial charge in [0.25, 0.3) is 0 Å². The van der Waals surface area contributed by atoms with Crippen LogP contribution in [-0.4, -0.2) is 0 Å². The van der Waals surface area contributed by atoms with Gasteiger partial charge in [-0.3, -0.25) is 0 Å². The molecule has 0 aromatic rings. The molecule has 1 nitrogen and oxygen atoms in total. The first-order valence-electron chi connectivity index (χ1n) is 4.74. The van der Waals surface area contributed by atoms with Gasteiger partial charge in [0.1, 0.15) is 0 Å². The lowest BCUT2D eigenvalue weighted by Crippen LogP contribution is -2.02. The third-order valence-electron chi connectivity index (χ3n) is 1.79. The summed E-state index contributed by atoms with van der Waals surface area (Å²) in [5, 5.41) is 8.44. The van der Waals surface area contributed by atoms with Crippen LogP contribution in [0.3, 0.4) is 0 Å². The van der Waals surface area contributed by atoms with Crippen molar-refractivity contribution in [3.8, 4) is 6.07 Å². The van der Waals surface area contributed by atoms with E-state index < -0.39 is 0 Å². The topological polar surface area (TPSA) is 23.8 Å². The van der Waals surface area contributed by atoms with Gasteiger partial charge < -0.3 is 0 Å². The summed E-state index contributed by atoms with van der Waals surface area (Å²) >= 11 is 0. The van der Waals surface area contributed by atoms with Gasteiger partial charge in [0, 0.05) is 5.92 Å². The second-order valence-electron chi connectivity index (χ2n) is 3.17. The normalized spacial score (nSPS) is 17.9. The monoisotopic (exact) mass is 153 g/mol. The summed E-state index contributed by atoms with van der Waals surface area (Å²) in [7, 11) is 0. The molecule has 1 aliphatic carbocycles. The lowest BCUT2D eigenvalue weighted by molar-refractivity contribution is 0.427. The van der Waals surface area contributed by atoms with E-state index in [9.17, 15) is 0 Å². The first-order chi connectivity index (χ1) is 5.35. The van der Waals surface area contributed by atoms with E-state index >= 15 is 0 Å². The van der Waals surface area contributed by atoms with Crippen LogP contribution in [0.5, 0.6) is 0 Å². The molecule has 0 N–H and O–H groups in total. The summed E-state index contributed by atoms with van der Waals surface area (Å²) in [4.78, 5) is 0. The lowest BCUT2D eigenvalue weighted by Gasteiger charge is -2.13. The highest BCUT2D eigenvalue weighted by Crippen LogP contribution is 2.22. The van der Waals surface area contributed by atoms with E-state index in [4.69, 9.17) is 5.26 Å². The van der Waals surface area contributed by atoms with Crippen LogP contribution in [0.25, 0.3) is 0 Å². The highest BCUT2D eigenvalue weighted by atomic mass is 14.3. The van der Waals surface area contributed by atoms with E-state index in [1.54, 1.807) is 0 Å². The molecule has 1 heteroatoms. The molecule has 1 aliphatic rings. The lowest BCUT2D eigenvalue weighted by atomic mass is 9.91. The van der Waals surface area contributed by atoms with Crippen molar-refractivity contribution >= 4 is 0 Å². The molecule has 64 valence electrons. The third-order valence-corrected chi connectivity index (χ3v) is 1.79. The number of hydrogen-bond donors (Lipinski definition) is 0. The number of nitriles is 1. The minimum absolute atomic E-state index is 0.392. The molecule has 0 unspecified atom stereocenters. The van der Waals surface area contributed by atoms with Crippen molar-refractivity contribution in [1.29, 1.82) is 5.26 Å². The van der Waals surface area contributed by atoms with Crippen LogP contribution < -0.4 is 0 Å². The summed E-state index contributed by atoms with van der Waals surface area (Å²) in [6.45, 7) is 4.25. The molecule has 0 bridgehead atoms. The molecule has 0 aromatic heterocycles. The number of rotatable bonds is 0. The molecule has 0 heterocycles. The largest absolute Gasteiger partial charge is 0.198 e. The molecule has 0 amide bonds. The fourth-order valence-corrected chi connectivity index (χ4v) is 1.23. The van der Waals surface area contributed by atoms with E-state index in [0.29, 0.717) is 5.92 Å². The van der Waals surface area contributed by atoms with Crippen LogP contribution in [0.4, 0.5) is 0 Å². The smallest absolute Gasteiger partial charge is 0.0655 e. The zero-order chi connectivity index (χ0) is 8.53. The Morgan fingerprint density at radius 1 is 1.18 bits per heavy atom. The maximum absolute atomic E-state index is 8.44. The van der Waals surface area contributed by atoms with Gasteiger partial charge in [-0.15, -0.1) is 0 Å². The molecule has 1 saturated carbocycles. The molecular formula is C10H19N. The molecule has 1 rings (SSSR count). The van der Waals surface area contributed by atoms with Gasteiger partial charge in [-0.1, -0.05) is 39.5 Å². The van der Waals surface area contributed by atoms with Gasteiger partial charge in [0.15, 0.2) is 0 Å². The summed E-state index contributed by atoms with van der Waals surface area (Å²) < 4.78 is 0. The molecule has 11 heavy (non-hydrogen) atoms. The van der Waals surface area contributed by atoms with Crippen molar-refractivity contribution in [3.05, 3.63) is 0 Å². The van der Waals surface area contributed by atoms with Crippen LogP contribution in [0.1, 0.15) is 52.4 Å². The SMILES string of the molecule is CCC.N#CC1CCCCC1. The minimum Gasteiger partial charge on any atom is -0.198 e. The van der Waals surface area contributed by atoms with Crippen molar-refractivity contribution in [2.75, 3.05) is 0 Å². The summed E-state index contributed by atoms with van der Waals surface area (Å²) in [6, 6.07) is 2.30. The standard InChI is InChI=1S/C7H11N.C3H8/c8-6-7-4-2-1-3-5-7;1-3-2/h7H,1-5H2;3H2,1-2H3. The average Bonchev–Trinajstić information content (AvgIpc) is 2.08. The Balaban J connectivity index is 0.000000292. The Morgan fingerprint density at radius 2 is 1.64 bits per heavy atom. The van der Waals surface area contributed by atoms with E-state index in [-0.39, 0.29) is 0 Å². The zero-order valence-corrected chi connectivity index (χ0v) is 7.77. The van der Waals surface area contributed by atoms with E-state index in [2.05, 4.69) is 19.9 Å². The van der Waals surface area contributed by atoms with Gasteiger partial charge in [-0.25, -0.2) is 0 Å². The number of hydrogen-bond acceptors (Lipinski definition) is 1. The first kappa shape index (κ1) is 10.5. The van der Waals surface area contributed by atoms with Crippen LogP contribution in [0, 0.1) is 17.2 Å². The van der Waals surface area contributed by atoms with Crippen LogP contribution in [0.15, 0.2) is 0 Å². The predicted octanol–water partition coefficient (Wildman–Crippen LogP) is 3.51.